The summed E-state index contributed by atoms with van der Waals surface area (Å²) in [5, 5.41) is 14.2. The number of methoxy groups -OCH3 is 1. The molecule has 1 aromatic heterocycles. The fourth-order valence-electron chi connectivity index (χ4n) is 5.61. The Kier molecular flexibility index (Phi) is 8.59. The average Bonchev–Trinajstić information content (AvgIpc) is 2.97. The molecule has 7 nitrogen and oxygen atoms in total. The van der Waals surface area contributed by atoms with Crippen LogP contribution in [-0.2, 0) is 17.8 Å². The van der Waals surface area contributed by atoms with E-state index in [9.17, 15) is 19.1 Å². The van der Waals surface area contributed by atoms with E-state index >= 15 is 0 Å². The minimum absolute atomic E-state index is 0.0227. The molecule has 8 heteroatoms. The molecule has 212 valence electrons. The van der Waals surface area contributed by atoms with Crippen molar-refractivity contribution in [1.29, 1.82) is 0 Å². The monoisotopic (exact) mass is 555 g/mol. The Morgan fingerprint density at radius 3 is 2.46 bits per heavy atom. The second kappa shape index (κ2) is 12.5. The molecule has 0 spiro atoms. The first-order chi connectivity index (χ1) is 19.9. The van der Waals surface area contributed by atoms with E-state index in [-0.39, 0.29) is 12.0 Å². The molecule has 0 radical (unpaired) electrons. The van der Waals surface area contributed by atoms with Crippen LogP contribution in [0.5, 0.6) is 5.75 Å². The van der Waals surface area contributed by atoms with Gasteiger partial charge in [-0.2, -0.15) is 0 Å². The Labute approximate surface area is 239 Å². The van der Waals surface area contributed by atoms with Gasteiger partial charge in [0.1, 0.15) is 23.3 Å². The van der Waals surface area contributed by atoms with Gasteiger partial charge in [-0.25, -0.2) is 14.2 Å². The number of piperidine rings is 1. The molecule has 2 N–H and O–H groups in total. The predicted octanol–water partition coefficient (Wildman–Crippen LogP) is 5.77. The lowest BCUT2D eigenvalue weighted by Gasteiger charge is -2.26. The van der Waals surface area contributed by atoms with Crippen LogP contribution >= 0.6 is 0 Å². The highest BCUT2D eigenvalue weighted by molar-refractivity contribution is 6.00. The Bertz CT molecular complexity index is 1560. The van der Waals surface area contributed by atoms with Crippen molar-refractivity contribution in [2.24, 2.45) is 0 Å². The van der Waals surface area contributed by atoms with Gasteiger partial charge in [0.15, 0.2) is 0 Å². The number of carboxylic acids is 1. The number of carbonyl (C=O) groups is 2. The van der Waals surface area contributed by atoms with E-state index in [4.69, 9.17) is 9.72 Å². The summed E-state index contributed by atoms with van der Waals surface area (Å²) in [5.74, 6) is -1.99. The number of nitrogens with one attached hydrogen (secondary N) is 1. The van der Waals surface area contributed by atoms with Crippen molar-refractivity contribution in [2.75, 3.05) is 20.2 Å². The third kappa shape index (κ3) is 6.23. The van der Waals surface area contributed by atoms with E-state index in [2.05, 4.69) is 10.2 Å². The number of aliphatic carboxylic acids is 1. The van der Waals surface area contributed by atoms with E-state index in [1.807, 2.05) is 48.5 Å². The maximum Gasteiger partial charge on any atom is 0.326 e. The summed E-state index contributed by atoms with van der Waals surface area (Å²) in [4.78, 5) is 32.5. The fraction of sp³-hybridized carbons (Fsp3) is 0.303. The summed E-state index contributed by atoms with van der Waals surface area (Å²) in [6.07, 6.45) is 3.69. The van der Waals surface area contributed by atoms with Gasteiger partial charge in [-0.05, 0) is 73.0 Å². The van der Waals surface area contributed by atoms with E-state index < -0.39 is 23.7 Å². The lowest BCUT2D eigenvalue weighted by molar-refractivity contribution is -0.139. The van der Waals surface area contributed by atoms with Crippen LogP contribution in [0.15, 0.2) is 66.7 Å². The van der Waals surface area contributed by atoms with Gasteiger partial charge < -0.3 is 15.2 Å². The van der Waals surface area contributed by atoms with Gasteiger partial charge in [0.2, 0.25) is 0 Å². The van der Waals surface area contributed by atoms with Crippen LogP contribution in [0.25, 0.3) is 22.0 Å². The number of nitrogens with zero attached hydrogens (tertiary/aromatic N) is 2. The van der Waals surface area contributed by atoms with Gasteiger partial charge in [0.25, 0.3) is 5.91 Å². The molecule has 1 aliphatic rings. The first kappa shape index (κ1) is 28.2. The summed E-state index contributed by atoms with van der Waals surface area (Å²) in [5.41, 5.74) is 3.59. The summed E-state index contributed by atoms with van der Waals surface area (Å²) in [7, 11) is 1.62. The van der Waals surface area contributed by atoms with Gasteiger partial charge in [-0.15, -0.1) is 0 Å². The highest BCUT2D eigenvalue weighted by Crippen LogP contribution is 2.35. The first-order valence-corrected chi connectivity index (χ1v) is 13.9. The van der Waals surface area contributed by atoms with Gasteiger partial charge in [-0.1, -0.05) is 55.0 Å². The molecule has 0 bridgehead atoms. The number of aromatic nitrogens is 1. The minimum Gasteiger partial charge on any atom is -0.494 e. The Morgan fingerprint density at radius 2 is 1.73 bits per heavy atom. The lowest BCUT2D eigenvalue weighted by atomic mass is 9.94. The zero-order valence-corrected chi connectivity index (χ0v) is 23.3. The molecule has 1 aliphatic heterocycles. The number of pyridine rings is 1. The number of hydrogen-bond donors (Lipinski definition) is 2. The molecule has 0 unspecified atom stereocenters. The van der Waals surface area contributed by atoms with Crippen LogP contribution in [-0.4, -0.2) is 53.1 Å². The van der Waals surface area contributed by atoms with Crippen LogP contribution < -0.4 is 10.1 Å². The number of ether oxygens (including phenoxy) is 1. The molecule has 2 heterocycles. The quantitative estimate of drug-likeness (QED) is 0.273. The van der Waals surface area contributed by atoms with Crippen molar-refractivity contribution >= 4 is 22.6 Å². The molecule has 0 saturated carbocycles. The number of rotatable bonds is 9. The van der Waals surface area contributed by atoms with E-state index in [1.54, 1.807) is 20.1 Å². The number of carbonyl (C=O) groups excluding carboxylic acids is 1. The zero-order valence-electron chi connectivity index (χ0n) is 23.3. The largest absolute Gasteiger partial charge is 0.494 e. The topological polar surface area (TPSA) is 91.8 Å². The van der Waals surface area contributed by atoms with Crippen molar-refractivity contribution in [1.82, 2.24) is 15.2 Å². The number of fused-ring (bicyclic) bond motifs is 1. The van der Waals surface area contributed by atoms with Crippen LogP contribution in [0.2, 0.25) is 0 Å². The number of carboxylic acid groups (broad SMARTS) is 1. The number of amides is 1. The number of hydrogen-bond acceptors (Lipinski definition) is 5. The third-order valence-electron chi connectivity index (χ3n) is 7.71. The predicted molar refractivity (Wildman–Crippen MR) is 157 cm³/mol. The second-order valence-corrected chi connectivity index (χ2v) is 10.5. The zero-order chi connectivity index (χ0) is 28.9. The molecule has 1 saturated heterocycles. The highest BCUT2D eigenvalue weighted by atomic mass is 19.1. The molecule has 1 amide bonds. The molecular weight excluding hydrogens is 521 g/mol. The van der Waals surface area contributed by atoms with Crippen molar-refractivity contribution < 1.29 is 23.8 Å². The fourth-order valence-corrected chi connectivity index (χ4v) is 5.61. The van der Waals surface area contributed by atoms with Crippen LogP contribution in [0, 0.1) is 12.7 Å². The Balaban J connectivity index is 1.47. The van der Waals surface area contributed by atoms with Gasteiger partial charge >= 0.3 is 5.97 Å². The van der Waals surface area contributed by atoms with Crippen molar-refractivity contribution in [3.8, 4) is 17.0 Å². The smallest absolute Gasteiger partial charge is 0.326 e. The number of likely N-dealkylation sites (tertiary alicyclic amines) is 1. The number of aryl methyl sites for hydroxylation is 1. The molecule has 3 aromatic carbocycles. The van der Waals surface area contributed by atoms with Gasteiger partial charge in [0.05, 0.1) is 18.4 Å². The summed E-state index contributed by atoms with van der Waals surface area (Å²) in [6.45, 7) is 4.52. The molecule has 1 fully saturated rings. The van der Waals surface area contributed by atoms with Gasteiger partial charge in [-0.3, -0.25) is 9.69 Å². The summed E-state index contributed by atoms with van der Waals surface area (Å²) >= 11 is 0. The third-order valence-corrected chi connectivity index (χ3v) is 7.71. The van der Waals surface area contributed by atoms with Crippen LogP contribution in [0.1, 0.15) is 46.4 Å². The van der Waals surface area contributed by atoms with Gasteiger partial charge in [0, 0.05) is 18.5 Å². The molecular formula is C33H34FN3O4. The van der Waals surface area contributed by atoms with Crippen molar-refractivity contribution in [3.63, 3.8) is 0 Å². The lowest BCUT2D eigenvalue weighted by Crippen LogP contribution is -2.42. The maximum absolute atomic E-state index is 14.4. The summed E-state index contributed by atoms with van der Waals surface area (Å²) < 4.78 is 20.1. The second-order valence-electron chi connectivity index (χ2n) is 10.5. The standard InChI is InChI=1S/C33H34FN3O4/c1-21-9-6-14-27(34)30(21)32(38)36-28(33(39)40)19-22-10-7-12-25-24(22)11-8-13-26(25)31-29(41-2)16-15-23(35-31)20-37-17-4-3-5-18-37/h6-16,28H,3-5,17-20H2,1-2H3,(H,36,38)(H,39,40)/t28-/m0/s1. The SMILES string of the molecule is COc1ccc(CN2CCCCC2)nc1-c1cccc2c(C[C@H](NC(=O)c3c(C)cccc3F)C(=O)O)cccc12. The minimum atomic E-state index is -1.25. The van der Waals surface area contributed by atoms with Crippen LogP contribution in [0.3, 0.4) is 0 Å². The number of halogens is 1. The maximum atomic E-state index is 14.4. The normalized spacial score (nSPS) is 14.5. The number of benzene rings is 3. The molecule has 5 rings (SSSR count). The Morgan fingerprint density at radius 1 is 1.00 bits per heavy atom. The highest BCUT2D eigenvalue weighted by Gasteiger charge is 2.25. The molecule has 0 aliphatic carbocycles. The average molecular weight is 556 g/mol. The molecule has 1 atom stereocenters. The summed E-state index contributed by atoms with van der Waals surface area (Å²) in [6, 6.07) is 18.5. The van der Waals surface area contributed by atoms with Crippen molar-refractivity contribution in [2.45, 2.75) is 45.2 Å². The van der Waals surface area contributed by atoms with Crippen LogP contribution in [0.4, 0.5) is 4.39 Å². The van der Waals surface area contributed by atoms with Crippen molar-refractivity contribution in [3.05, 3.63) is 94.9 Å². The van der Waals surface area contributed by atoms with E-state index in [1.165, 1.54) is 31.4 Å². The van der Waals surface area contributed by atoms with E-state index in [0.29, 0.717) is 11.3 Å². The molecule has 41 heavy (non-hydrogen) atoms. The molecule has 4 aromatic rings. The van der Waals surface area contributed by atoms with E-state index in [0.717, 1.165) is 52.9 Å². The first-order valence-electron chi connectivity index (χ1n) is 13.9. The Hall–Kier alpha value is -4.30.